The Morgan fingerprint density at radius 1 is 1.50 bits per heavy atom. The number of carbonyl (C=O) groups is 2. The molecule has 1 rings (SSSR count). The van der Waals surface area contributed by atoms with E-state index in [1.165, 1.54) is 17.0 Å². The number of carboxylic acids is 1. The zero-order valence-corrected chi connectivity index (χ0v) is 8.77. The predicted molar refractivity (Wildman–Crippen MR) is 56.1 cm³/mol. The van der Waals surface area contributed by atoms with Crippen molar-refractivity contribution in [3.05, 3.63) is 23.7 Å². The van der Waals surface area contributed by atoms with Gasteiger partial charge in [0.2, 0.25) is 5.76 Å². The average molecular weight is 221 g/mol. The van der Waals surface area contributed by atoms with Gasteiger partial charge in [0.25, 0.3) is 5.91 Å². The zero-order valence-electron chi connectivity index (χ0n) is 8.77. The van der Waals surface area contributed by atoms with Gasteiger partial charge < -0.3 is 14.4 Å². The molecule has 0 radical (unpaired) electrons. The summed E-state index contributed by atoms with van der Waals surface area (Å²) in [7, 11) is 0. The van der Waals surface area contributed by atoms with Crippen molar-refractivity contribution in [3.8, 4) is 12.3 Å². The summed E-state index contributed by atoms with van der Waals surface area (Å²) in [6.45, 7) is 2.38. The fourth-order valence-electron chi connectivity index (χ4n) is 1.16. The molecule has 16 heavy (non-hydrogen) atoms. The molecule has 0 bridgehead atoms. The number of carbonyl (C=O) groups excluding carboxylic acids is 1. The normalized spacial score (nSPS) is 9.50. The number of furan rings is 1. The van der Waals surface area contributed by atoms with E-state index >= 15 is 0 Å². The SMILES string of the molecule is C#CCN(CC)C(=O)c1ccc(C(=O)O)o1. The summed E-state index contributed by atoms with van der Waals surface area (Å²) >= 11 is 0. The fraction of sp³-hybridized carbons (Fsp3) is 0.273. The van der Waals surface area contributed by atoms with Crippen molar-refractivity contribution >= 4 is 11.9 Å². The van der Waals surface area contributed by atoms with Crippen molar-refractivity contribution in [2.24, 2.45) is 0 Å². The standard InChI is InChI=1S/C11H11NO4/c1-3-7-12(4-2)10(13)8-5-6-9(16-8)11(14)15/h1,5-6H,4,7H2,2H3,(H,14,15). The molecule has 0 aliphatic heterocycles. The third kappa shape index (κ3) is 2.42. The number of nitrogens with zero attached hydrogens (tertiary/aromatic N) is 1. The van der Waals surface area contributed by atoms with E-state index in [-0.39, 0.29) is 18.1 Å². The molecule has 0 spiro atoms. The molecular weight excluding hydrogens is 210 g/mol. The topological polar surface area (TPSA) is 70.8 Å². The highest BCUT2D eigenvalue weighted by Gasteiger charge is 2.19. The Morgan fingerprint density at radius 3 is 2.56 bits per heavy atom. The lowest BCUT2D eigenvalue weighted by Crippen LogP contribution is -2.30. The first-order valence-electron chi connectivity index (χ1n) is 4.66. The molecule has 1 heterocycles. The molecule has 1 amide bonds. The molecule has 0 aliphatic carbocycles. The van der Waals surface area contributed by atoms with Gasteiger partial charge in [-0.3, -0.25) is 4.79 Å². The lowest BCUT2D eigenvalue weighted by Gasteiger charge is -2.15. The summed E-state index contributed by atoms with van der Waals surface area (Å²) in [5.74, 6) is 0.445. The van der Waals surface area contributed by atoms with E-state index in [4.69, 9.17) is 15.9 Å². The minimum absolute atomic E-state index is 0.0190. The van der Waals surface area contributed by atoms with E-state index in [1.54, 1.807) is 6.92 Å². The van der Waals surface area contributed by atoms with Gasteiger partial charge in [0.15, 0.2) is 5.76 Å². The molecule has 5 heteroatoms. The number of aromatic carboxylic acids is 1. The van der Waals surface area contributed by atoms with Crippen LogP contribution in [0.2, 0.25) is 0 Å². The molecule has 1 aromatic rings. The highest BCUT2D eigenvalue weighted by Crippen LogP contribution is 2.10. The number of hydrogen-bond acceptors (Lipinski definition) is 3. The van der Waals surface area contributed by atoms with Crippen LogP contribution in [0.25, 0.3) is 0 Å². The van der Waals surface area contributed by atoms with Crippen molar-refractivity contribution < 1.29 is 19.1 Å². The van der Waals surface area contributed by atoms with Crippen molar-refractivity contribution in [1.82, 2.24) is 4.90 Å². The Labute approximate surface area is 92.7 Å². The van der Waals surface area contributed by atoms with E-state index in [0.717, 1.165) is 0 Å². The second-order valence-electron chi connectivity index (χ2n) is 2.99. The van der Waals surface area contributed by atoms with Crippen molar-refractivity contribution in [1.29, 1.82) is 0 Å². The van der Waals surface area contributed by atoms with Crippen LogP contribution in [0.4, 0.5) is 0 Å². The number of carboxylic acid groups (broad SMARTS) is 1. The summed E-state index contributed by atoms with van der Waals surface area (Å²) in [5, 5.41) is 8.63. The average Bonchev–Trinajstić information content (AvgIpc) is 2.74. The van der Waals surface area contributed by atoms with Crippen LogP contribution in [-0.4, -0.2) is 35.0 Å². The summed E-state index contributed by atoms with van der Waals surface area (Å²) in [6.07, 6.45) is 5.11. The Kier molecular flexibility index (Phi) is 3.72. The van der Waals surface area contributed by atoms with Crippen LogP contribution in [0, 0.1) is 12.3 Å². The van der Waals surface area contributed by atoms with Gasteiger partial charge in [0, 0.05) is 6.54 Å². The quantitative estimate of drug-likeness (QED) is 0.772. The van der Waals surface area contributed by atoms with Gasteiger partial charge in [0.05, 0.1) is 6.54 Å². The van der Waals surface area contributed by atoms with Crippen LogP contribution in [0.15, 0.2) is 16.5 Å². The maximum atomic E-state index is 11.7. The van der Waals surface area contributed by atoms with Gasteiger partial charge in [-0.15, -0.1) is 6.42 Å². The smallest absolute Gasteiger partial charge is 0.371 e. The molecule has 0 saturated carbocycles. The molecule has 0 unspecified atom stereocenters. The molecule has 5 nitrogen and oxygen atoms in total. The summed E-state index contributed by atoms with van der Waals surface area (Å²) in [6, 6.07) is 2.56. The van der Waals surface area contributed by atoms with Crippen LogP contribution in [0.3, 0.4) is 0 Å². The first-order valence-corrected chi connectivity index (χ1v) is 4.66. The molecule has 0 fully saturated rings. The third-order valence-corrected chi connectivity index (χ3v) is 1.98. The molecule has 1 aromatic heterocycles. The number of rotatable bonds is 4. The number of hydrogen-bond donors (Lipinski definition) is 1. The lowest BCUT2D eigenvalue weighted by atomic mass is 10.3. The minimum atomic E-state index is -1.21. The lowest BCUT2D eigenvalue weighted by molar-refractivity contribution is 0.0653. The van der Waals surface area contributed by atoms with Gasteiger partial charge in [-0.25, -0.2) is 4.79 Å². The third-order valence-electron chi connectivity index (χ3n) is 1.98. The molecule has 84 valence electrons. The van der Waals surface area contributed by atoms with Crippen LogP contribution in [0.1, 0.15) is 28.0 Å². The van der Waals surface area contributed by atoms with Crippen LogP contribution < -0.4 is 0 Å². The highest BCUT2D eigenvalue weighted by molar-refractivity contribution is 5.93. The second kappa shape index (κ2) is 5.03. The van der Waals surface area contributed by atoms with E-state index < -0.39 is 11.9 Å². The monoisotopic (exact) mass is 221 g/mol. The zero-order chi connectivity index (χ0) is 12.1. The summed E-state index contributed by atoms with van der Waals surface area (Å²) < 4.78 is 4.88. The molecule has 0 aliphatic rings. The van der Waals surface area contributed by atoms with Crippen molar-refractivity contribution in [2.75, 3.05) is 13.1 Å². The molecule has 0 aromatic carbocycles. The maximum absolute atomic E-state index is 11.7. The van der Waals surface area contributed by atoms with Crippen molar-refractivity contribution in [3.63, 3.8) is 0 Å². The van der Waals surface area contributed by atoms with Crippen LogP contribution >= 0.6 is 0 Å². The molecular formula is C11H11NO4. The van der Waals surface area contributed by atoms with Crippen LogP contribution in [0.5, 0.6) is 0 Å². The Hall–Kier alpha value is -2.22. The number of amides is 1. The van der Waals surface area contributed by atoms with Crippen molar-refractivity contribution in [2.45, 2.75) is 6.92 Å². The Morgan fingerprint density at radius 2 is 2.12 bits per heavy atom. The minimum Gasteiger partial charge on any atom is -0.475 e. The fourth-order valence-corrected chi connectivity index (χ4v) is 1.16. The molecule has 0 saturated heterocycles. The first-order chi connectivity index (χ1) is 7.60. The van der Waals surface area contributed by atoms with Gasteiger partial charge in [-0.05, 0) is 19.1 Å². The predicted octanol–water partition coefficient (Wildman–Crippen LogP) is 1.07. The molecule has 0 atom stereocenters. The van der Waals surface area contributed by atoms with E-state index in [1.807, 2.05) is 0 Å². The highest BCUT2D eigenvalue weighted by atomic mass is 16.4. The van der Waals surface area contributed by atoms with E-state index in [9.17, 15) is 9.59 Å². The molecule has 1 N–H and O–H groups in total. The van der Waals surface area contributed by atoms with Crippen LogP contribution in [-0.2, 0) is 0 Å². The Bertz CT molecular complexity index is 441. The van der Waals surface area contributed by atoms with Gasteiger partial charge in [-0.1, -0.05) is 5.92 Å². The summed E-state index contributed by atoms with van der Waals surface area (Å²) in [4.78, 5) is 23.7. The van der Waals surface area contributed by atoms with E-state index in [0.29, 0.717) is 6.54 Å². The Balaban J connectivity index is 2.87. The maximum Gasteiger partial charge on any atom is 0.371 e. The van der Waals surface area contributed by atoms with Gasteiger partial charge in [-0.2, -0.15) is 0 Å². The first kappa shape index (κ1) is 11.9. The van der Waals surface area contributed by atoms with E-state index in [2.05, 4.69) is 5.92 Å². The summed E-state index contributed by atoms with van der Waals surface area (Å²) in [5.41, 5.74) is 0. The number of terminal acetylenes is 1. The van der Waals surface area contributed by atoms with Gasteiger partial charge in [0.1, 0.15) is 0 Å². The largest absolute Gasteiger partial charge is 0.475 e. The second-order valence-corrected chi connectivity index (χ2v) is 2.99. The van der Waals surface area contributed by atoms with Gasteiger partial charge >= 0.3 is 5.97 Å².